The molecule has 0 aliphatic heterocycles. The summed E-state index contributed by atoms with van der Waals surface area (Å²) in [5.41, 5.74) is 11.8. The number of pyridine rings is 1. The molecule has 51 heavy (non-hydrogen) atoms. The molecule has 7 aromatic carbocycles. The molecule has 0 N–H and O–H groups in total. The molecular weight excluding hydrogens is 625 g/mol. The third kappa shape index (κ3) is 4.96. The fourth-order valence-corrected chi connectivity index (χ4v) is 7.31. The van der Waals surface area contributed by atoms with E-state index in [2.05, 4.69) is 144 Å². The number of nitrogens with zero attached hydrogens (tertiary/aromatic N) is 2. The Bertz CT molecular complexity index is 2680. The van der Waals surface area contributed by atoms with Gasteiger partial charge in [0.1, 0.15) is 28.1 Å². The minimum atomic E-state index is 0.839. The van der Waals surface area contributed by atoms with E-state index in [9.17, 15) is 0 Å². The molecule has 0 bridgehead atoms. The molecule has 0 aliphatic carbocycles. The Morgan fingerprint density at radius 1 is 0.373 bits per heavy atom. The number of furan rings is 2. The largest absolute Gasteiger partial charge is 0.455 e. The van der Waals surface area contributed by atoms with Gasteiger partial charge in [-0.05, 0) is 83.4 Å². The lowest BCUT2D eigenvalue weighted by Crippen LogP contribution is -2.11. The molecule has 3 aromatic heterocycles. The van der Waals surface area contributed by atoms with Gasteiger partial charge in [-0.25, -0.2) is 4.98 Å². The fraction of sp³-hybridized carbons (Fsp3) is 0. The normalized spacial score (nSPS) is 11.5. The maximum Gasteiger partial charge on any atom is 0.143 e. The van der Waals surface area contributed by atoms with E-state index in [4.69, 9.17) is 13.8 Å². The maximum absolute atomic E-state index is 6.53. The molecule has 4 heteroatoms. The van der Waals surface area contributed by atoms with Gasteiger partial charge < -0.3 is 8.83 Å². The Morgan fingerprint density at radius 3 is 1.35 bits per heavy atom. The van der Waals surface area contributed by atoms with Crippen molar-refractivity contribution < 1.29 is 8.83 Å². The van der Waals surface area contributed by atoms with Crippen molar-refractivity contribution in [1.29, 1.82) is 0 Å². The van der Waals surface area contributed by atoms with Gasteiger partial charge in [-0.15, -0.1) is 0 Å². The molecule has 0 saturated carbocycles. The highest BCUT2D eigenvalue weighted by atomic mass is 16.3. The zero-order valence-electron chi connectivity index (χ0n) is 27.5. The van der Waals surface area contributed by atoms with Crippen LogP contribution in [0.5, 0.6) is 0 Å². The second-order valence-electron chi connectivity index (χ2n) is 12.8. The first-order chi connectivity index (χ1) is 25.3. The van der Waals surface area contributed by atoms with Crippen LogP contribution in [0.1, 0.15) is 0 Å². The van der Waals surface area contributed by atoms with Gasteiger partial charge in [0.05, 0.1) is 0 Å². The van der Waals surface area contributed by atoms with Gasteiger partial charge in [-0.1, -0.05) is 109 Å². The fourth-order valence-electron chi connectivity index (χ4n) is 7.31. The van der Waals surface area contributed by atoms with Crippen molar-refractivity contribution in [2.45, 2.75) is 0 Å². The van der Waals surface area contributed by atoms with Gasteiger partial charge in [-0.3, -0.25) is 4.90 Å². The summed E-state index contributed by atoms with van der Waals surface area (Å²) in [7, 11) is 0. The average Bonchev–Trinajstić information content (AvgIpc) is 3.78. The first kappa shape index (κ1) is 29.0. The van der Waals surface area contributed by atoms with Gasteiger partial charge >= 0.3 is 0 Å². The van der Waals surface area contributed by atoms with Gasteiger partial charge in [0.25, 0.3) is 0 Å². The van der Waals surface area contributed by atoms with Crippen molar-refractivity contribution in [3.63, 3.8) is 0 Å². The van der Waals surface area contributed by atoms with E-state index in [1.54, 1.807) is 0 Å². The monoisotopic (exact) mass is 654 g/mol. The number of fused-ring (bicyclic) bond motifs is 6. The van der Waals surface area contributed by atoms with Crippen molar-refractivity contribution in [2.24, 2.45) is 0 Å². The summed E-state index contributed by atoms with van der Waals surface area (Å²) in [5, 5.41) is 4.42. The standard InChI is InChI=1S/C47H30N2O2/c1-3-13-35(14-4-1)49(36-15-5-2-6-16-36)45-26-25-31(30-48-45)32-27-33(37-19-11-21-41-39-17-7-9-23-43(39)50-46(37)41)29-34(28-32)38-20-12-22-42-40-18-8-10-24-44(40)51-47(38)42/h1-30H. The third-order valence-corrected chi connectivity index (χ3v) is 9.70. The van der Waals surface area contributed by atoms with Crippen LogP contribution in [0.25, 0.3) is 77.3 Å². The lowest BCUT2D eigenvalue weighted by molar-refractivity contribution is 0.670. The molecule has 3 heterocycles. The molecule has 0 aliphatic rings. The van der Waals surface area contributed by atoms with Crippen LogP contribution in [0, 0.1) is 0 Å². The molecule has 10 rings (SSSR count). The first-order valence-corrected chi connectivity index (χ1v) is 17.1. The van der Waals surface area contributed by atoms with E-state index < -0.39 is 0 Å². The minimum Gasteiger partial charge on any atom is -0.455 e. The second-order valence-corrected chi connectivity index (χ2v) is 12.8. The maximum atomic E-state index is 6.53. The number of para-hydroxylation sites is 6. The van der Waals surface area contributed by atoms with Crippen molar-refractivity contribution in [3.8, 4) is 33.4 Å². The Morgan fingerprint density at radius 2 is 0.843 bits per heavy atom. The molecular formula is C47H30N2O2. The molecule has 0 atom stereocenters. The number of aromatic nitrogens is 1. The molecule has 0 fully saturated rings. The molecule has 0 radical (unpaired) electrons. The number of hydrogen-bond donors (Lipinski definition) is 0. The Balaban J connectivity index is 1.16. The first-order valence-electron chi connectivity index (χ1n) is 17.1. The predicted octanol–water partition coefficient (Wildman–Crippen LogP) is 13.4. The quantitative estimate of drug-likeness (QED) is 0.179. The second kappa shape index (κ2) is 11.9. The smallest absolute Gasteiger partial charge is 0.143 e. The number of rotatable bonds is 6. The molecule has 0 unspecified atom stereocenters. The molecule has 4 nitrogen and oxygen atoms in total. The van der Waals surface area contributed by atoms with Crippen molar-refractivity contribution in [2.75, 3.05) is 4.90 Å². The van der Waals surface area contributed by atoms with E-state index in [1.807, 2.05) is 42.6 Å². The zero-order chi connectivity index (χ0) is 33.7. The average molecular weight is 655 g/mol. The highest BCUT2D eigenvalue weighted by Gasteiger charge is 2.18. The summed E-state index contributed by atoms with van der Waals surface area (Å²) in [5.74, 6) is 0.839. The number of benzene rings is 7. The molecule has 0 amide bonds. The lowest BCUT2D eigenvalue weighted by atomic mass is 9.92. The summed E-state index contributed by atoms with van der Waals surface area (Å²) in [4.78, 5) is 7.24. The molecule has 10 aromatic rings. The summed E-state index contributed by atoms with van der Waals surface area (Å²) < 4.78 is 13.1. The van der Waals surface area contributed by atoms with Crippen molar-refractivity contribution >= 4 is 61.1 Å². The third-order valence-electron chi connectivity index (χ3n) is 9.70. The van der Waals surface area contributed by atoms with Gasteiger partial charge in [0.15, 0.2) is 0 Å². The van der Waals surface area contributed by atoms with Gasteiger partial charge in [-0.2, -0.15) is 0 Å². The molecule has 0 saturated heterocycles. The highest BCUT2D eigenvalue weighted by molar-refractivity contribution is 6.11. The Hall–Kier alpha value is -6.91. The summed E-state index contributed by atoms with van der Waals surface area (Å²) >= 11 is 0. The van der Waals surface area contributed by atoms with E-state index in [-0.39, 0.29) is 0 Å². The van der Waals surface area contributed by atoms with E-state index in [1.165, 1.54) is 0 Å². The summed E-state index contributed by atoms with van der Waals surface area (Å²) in [6.45, 7) is 0. The lowest BCUT2D eigenvalue weighted by Gasteiger charge is -2.24. The number of hydrogen-bond acceptors (Lipinski definition) is 4. The topological polar surface area (TPSA) is 42.4 Å². The van der Waals surface area contributed by atoms with Crippen molar-refractivity contribution in [1.82, 2.24) is 4.98 Å². The van der Waals surface area contributed by atoms with Crippen LogP contribution in [0.2, 0.25) is 0 Å². The highest BCUT2D eigenvalue weighted by Crippen LogP contribution is 2.42. The van der Waals surface area contributed by atoms with Crippen LogP contribution in [-0.2, 0) is 0 Å². The Kier molecular flexibility index (Phi) is 6.78. The number of anilines is 3. The van der Waals surface area contributed by atoms with Crippen LogP contribution >= 0.6 is 0 Å². The van der Waals surface area contributed by atoms with Crippen LogP contribution < -0.4 is 4.90 Å². The summed E-state index contributed by atoms with van der Waals surface area (Å²) in [6.07, 6.45) is 1.97. The van der Waals surface area contributed by atoms with Gasteiger partial charge in [0, 0.05) is 55.8 Å². The Labute approximate surface area is 294 Å². The van der Waals surface area contributed by atoms with Crippen LogP contribution in [-0.4, -0.2) is 4.98 Å². The van der Waals surface area contributed by atoms with Crippen LogP contribution in [0.15, 0.2) is 191 Å². The van der Waals surface area contributed by atoms with E-state index in [0.717, 1.165) is 94.5 Å². The molecule has 0 spiro atoms. The van der Waals surface area contributed by atoms with Crippen molar-refractivity contribution in [3.05, 3.63) is 182 Å². The minimum absolute atomic E-state index is 0.839. The predicted molar refractivity (Wildman–Crippen MR) is 210 cm³/mol. The summed E-state index contributed by atoms with van der Waals surface area (Å²) in [6, 6.07) is 61.0. The van der Waals surface area contributed by atoms with Gasteiger partial charge in [0.2, 0.25) is 0 Å². The van der Waals surface area contributed by atoms with Crippen LogP contribution in [0.3, 0.4) is 0 Å². The van der Waals surface area contributed by atoms with E-state index >= 15 is 0 Å². The SMILES string of the molecule is c1ccc(N(c2ccccc2)c2ccc(-c3cc(-c4cccc5c4oc4ccccc45)cc(-c4cccc5c4oc4ccccc45)c3)cn2)cc1. The van der Waals surface area contributed by atoms with Crippen LogP contribution in [0.4, 0.5) is 17.2 Å². The zero-order valence-corrected chi connectivity index (χ0v) is 27.5. The van der Waals surface area contributed by atoms with E-state index in [0.29, 0.717) is 0 Å². The molecule has 240 valence electrons.